The quantitative estimate of drug-likeness (QED) is 0.255. The van der Waals surface area contributed by atoms with E-state index in [0.717, 1.165) is 5.56 Å². The first-order chi connectivity index (χ1) is 19.4. The Balaban J connectivity index is 1.68. The van der Waals surface area contributed by atoms with E-state index in [9.17, 15) is 19.5 Å². The molecule has 202 valence electrons. The number of aliphatic hydroxyl groups excluding tert-OH is 1. The highest BCUT2D eigenvalue weighted by Crippen LogP contribution is 2.41. The molecular weight excluding hydrogens is 508 g/mol. The van der Waals surface area contributed by atoms with Crippen LogP contribution in [0.3, 0.4) is 0 Å². The summed E-state index contributed by atoms with van der Waals surface area (Å²) >= 11 is 0. The molecule has 2 aromatic carbocycles. The van der Waals surface area contributed by atoms with E-state index in [1.807, 2.05) is 54.6 Å². The van der Waals surface area contributed by atoms with Gasteiger partial charge in [0, 0.05) is 36.6 Å². The van der Waals surface area contributed by atoms with Gasteiger partial charge < -0.3 is 25.4 Å². The summed E-state index contributed by atoms with van der Waals surface area (Å²) in [4.78, 5) is 47.0. The zero-order valence-electron chi connectivity index (χ0n) is 21.6. The third kappa shape index (κ3) is 5.49. The summed E-state index contributed by atoms with van der Waals surface area (Å²) in [6, 6.07) is 23.3. The molecule has 40 heavy (non-hydrogen) atoms. The number of carboxylic acid groups (broad SMARTS) is 1. The Labute approximate surface area is 230 Å². The van der Waals surface area contributed by atoms with Crippen LogP contribution in [-0.4, -0.2) is 50.0 Å². The van der Waals surface area contributed by atoms with Gasteiger partial charge in [0.15, 0.2) is 5.76 Å². The number of aliphatic carboxylic acids is 1. The first kappa shape index (κ1) is 26.4. The molecule has 0 bridgehead atoms. The maximum atomic E-state index is 13.6. The van der Waals surface area contributed by atoms with Crippen LogP contribution in [0.25, 0.3) is 16.9 Å². The highest BCUT2D eigenvalue weighted by Gasteiger charge is 2.38. The SMILES string of the molecule is O=C(O)CCNC(=O)C1=C(O)c2cc(-c3ccccc3)c(=O)[nH]c2[C@H](c2cccnc2)N1CCc1ccccc1. The number of rotatable bonds is 9. The van der Waals surface area contributed by atoms with Gasteiger partial charge in [-0.2, -0.15) is 0 Å². The number of nitrogens with zero attached hydrogens (tertiary/aromatic N) is 2. The van der Waals surface area contributed by atoms with Crippen molar-refractivity contribution in [1.82, 2.24) is 20.2 Å². The molecule has 9 nitrogen and oxygen atoms in total. The molecule has 4 N–H and O–H groups in total. The second-order valence-electron chi connectivity index (χ2n) is 9.42. The second-order valence-corrected chi connectivity index (χ2v) is 9.42. The van der Waals surface area contributed by atoms with Crippen molar-refractivity contribution in [2.24, 2.45) is 0 Å². The first-order valence-corrected chi connectivity index (χ1v) is 12.9. The number of carbonyl (C=O) groups excluding carboxylic acids is 1. The maximum Gasteiger partial charge on any atom is 0.305 e. The van der Waals surface area contributed by atoms with Gasteiger partial charge in [-0.1, -0.05) is 66.7 Å². The molecular formula is C31H28N4O5. The molecule has 1 atom stereocenters. The molecule has 0 spiro atoms. The van der Waals surface area contributed by atoms with Crippen molar-refractivity contribution in [3.05, 3.63) is 130 Å². The number of amides is 1. The fourth-order valence-electron chi connectivity index (χ4n) is 4.96. The Kier molecular flexibility index (Phi) is 7.72. The fraction of sp³-hybridized carbons (Fsp3) is 0.161. The van der Waals surface area contributed by atoms with E-state index < -0.39 is 17.9 Å². The summed E-state index contributed by atoms with van der Waals surface area (Å²) in [5.41, 5.74) is 3.16. The average Bonchev–Trinajstić information content (AvgIpc) is 2.97. The fourth-order valence-corrected chi connectivity index (χ4v) is 4.96. The normalized spacial score (nSPS) is 14.5. The number of aromatic amines is 1. The smallest absolute Gasteiger partial charge is 0.305 e. The van der Waals surface area contributed by atoms with Gasteiger partial charge in [-0.3, -0.25) is 19.4 Å². The Morgan fingerprint density at radius 3 is 2.38 bits per heavy atom. The lowest BCUT2D eigenvalue weighted by Crippen LogP contribution is -2.43. The van der Waals surface area contributed by atoms with Crippen LogP contribution in [0.15, 0.2) is 102 Å². The second kappa shape index (κ2) is 11.7. The van der Waals surface area contributed by atoms with E-state index in [1.54, 1.807) is 41.6 Å². The minimum absolute atomic E-state index is 0.00580. The number of fused-ring (bicyclic) bond motifs is 1. The van der Waals surface area contributed by atoms with Gasteiger partial charge in [0.05, 0.1) is 18.2 Å². The minimum atomic E-state index is -1.05. The summed E-state index contributed by atoms with van der Waals surface area (Å²) in [5.74, 6) is -1.96. The van der Waals surface area contributed by atoms with Crippen LogP contribution in [0.4, 0.5) is 0 Å². The number of H-pyrrole nitrogens is 1. The van der Waals surface area contributed by atoms with Gasteiger partial charge in [-0.15, -0.1) is 0 Å². The molecule has 0 aliphatic carbocycles. The molecule has 0 radical (unpaired) electrons. The van der Waals surface area contributed by atoms with Crippen molar-refractivity contribution in [1.29, 1.82) is 0 Å². The molecule has 1 aliphatic heterocycles. The summed E-state index contributed by atoms with van der Waals surface area (Å²) in [6.07, 6.45) is 3.57. The van der Waals surface area contributed by atoms with Crippen molar-refractivity contribution >= 4 is 17.6 Å². The number of nitrogens with one attached hydrogen (secondary N) is 2. The number of hydrogen-bond acceptors (Lipinski definition) is 6. The monoisotopic (exact) mass is 536 g/mol. The van der Waals surface area contributed by atoms with Crippen LogP contribution >= 0.6 is 0 Å². The molecule has 5 rings (SSSR count). The van der Waals surface area contributed by atoms with E-state index in [1.165, 1.54) is 0 Å². The van der Waals surface area contributed by atoms with E-state index in [-0.39, 0.29) is 30.0 Å². The number of aliphatic hydroxyl groups is 1. The third-order valence-corrected chi connectivity index (χ3v) is 6.83. The summed E-state index contributed by atoms with van der Waals surface area (Å²) in [6.45, 7) is 0.208. The maximum absolute atomic E-state index is 13.6. The van der Waals surface area contributed by atoms with Crippen LogP contribution in [0, 0.1) is 0 Å². The number of carbonyl (C=O) groups is 2. The van der Waals surface area contributed by atoms with Crippen LogP contribution in [0.1, 0.15) is 34.8 Å². The number of pyridine rings is 2. The number of hydrogen-bond donors (Lipinski definition) is 4. The van der Waals surface area contributed by atoms with E-state index in [2.05, 4.69) is 15.3 Å². The standard InChI is InChI=1S/C31H28N4O5/c36-25(37)13-16-33-31(40)28-29(38)24-18-23(21-10-5-2-6-11-21)30(39)34-26(24)27(22-12-7-15-32-19-22)35(28)17-14-20-8-3-1-4-9-20/h1-12,15,18-19,27,38H,13-14,16-17H2,(H,33,40)(H,34,39)(H,36,37)/t27-/m0/s1. The summed E-state index contributed by atoms with van der Waals surface area (Å²) in [7, 11) is 0. The lowest BCUT2D eigenvalue weighted by atomic mass is 9.90. The Morgan fingerprint density at radius 1 is 0.975 bits per heavy atom. The lowest BCUT2D eigenvalue weighted by molar-refractivity contribution is -0.136. The van der Waals surface area contributed by atoms with E-state index >= 15 is 0 Å². The molecule has 9 heteroatoms. The van der Waals surface area contributed by atoms with Gasteiger partial charge in [0.1, 0.15) is 5.70 Å². The van der Waals surface area contributed by atoms with E-state index in [0.29, 0.717) is 40.9 Å². The topological polar surface area (TPSA) is 136 Å². The van der Waals surface area contributed by atoms with Crippen LogP contribution in [0.5, 0.6) is 0 Å². The molecule has 1 aliphatic rings. The molecule has 4 aromatic rings. The van der Waals surface area contributed by atoms with Crippen molar-refractivity contribution in [2.45, 2.75) is 18.9 Å². The Bertz CT molecular complexity index is 1600. The van der Waals surface area contributed by atoms with Gasteiger partial charge >= 0.3 is 5.97 Å². The molecule has 3 heterocycles. The predicted molar refractivity (Wildman–Crippen MR) is 150 cm³/mol. The van der Waals surface area contributed by atoms with Gasteiger partial charge in [-0.05, 0) is 35.2 Å². The van der Waals surface area contributed by atoms with Crippen LogP contribution < -0.4 is 10.9 Å². The molecule has 2 aromatic heterocycles. The zero-order valence-corrected chi connectivity index (χ0v) is 21.6. The molecule has 0 saturated carbocycles. The summed E-state index contributed by atoms with van der Waals surface area (Å²) < 4.78 is 0. The number of carboxylic acids is 1. The van der Waals surface area contributed by atoms with Crippen LogP contribution in [0.2, 0.25) is 0 Å². The summed E-state index contributed by atoms with van der Waals surface area (Å²) in [5, 5.41) is 23.3. The zero-order chi connectivity index (χ0) is 28.1. The highest BCUT2D eigenvalue weighted by atomic mass is 16.4. The van der Waals surface area contributed by atoms with Crippen molar-refractivity contribution in [3.63, 3.8) is 0 Å². The third-order valence-electron chi connectivity index (χ3n) is 6.83. The van der Waals surface area contributed by atoms with Gasteiger partial charge in [-0.25, -0.2) is 0 Å². The van der Waals surface area contributed by atoms with Crippen molar-refractivity contribution in [3.8, 4) is 11.1 Å². The molecule has 0 fully saturated rings. The number of aromatic nitrogens is 2. The highest BCUT2D eigenvalue weighted by molar-refractivity contribution is 6.00. The van der Waals surface area contributed by atoms with Gasteiger partial charge in [0.2, 0.25) is 0 Å². The lowest BCUT2D eigenvalue weighted by Gasteiger charge is -2.39. The van der Waals surface area contributed by atoms with Crippen LogP contribution in [-0.2, 0) is 16.0 Å². The Morgan fingerprint density at radius 2 is 1.70 bits per heavy atom. The Hall–Kier alpha value is -5.18. The first-order valence-electron chi connectivity index (χ1n) is 12.9. The van der Waals surface area contributed by atoms with Crippen molar-refractivity contribution in [2.75, 3.05) is 13.1 Å². The molecule has 0 saturated heterocycles. The van der Waals surface area contributed by atoms with E-state index in [4.69, 9.17) is 5.11 Å². The molecule has 1 amide bonds. The number of benzene rings is 2. The minimum Gasteiger partial charge on any atom is -0.505 e. The predicted octanol–water partition coefficient (Wildman–Crippen LogP) is 3.90. The average molecular weight is 537 g/mol. The molecule has 0 unspecified atom stereocenters. The van der Waals surface area contributed by atoms with Crippen molar-refractivity contribution < 1.29 is 19.8 Å². The van der Waals surface area contributed by atoms with Gasteiger partial charge in [0.25, 0.3) is 11.5 Å². The largest absolute Gasteiger partial charge is 0.505 e.